The number of aryl methyl sites for hydroxylation is 1. The number of halogens is 1. The Hall–Kier alpha value is -0.760. The van der Waals surface area contributed by atoms with E-state index in [2.05, 4.69) is 29.8 Å². The predicted octanol–water partition coefficient (Wildman–Crippen LogP) is 2.84. The molecule has 0 N–H and O–H groups in total. The zero-order valence-electron chi connectivity index (χ0n) is 9.28. The normalized spacial score (nSPS) is 25.9. The number of rotatable bonds is 2. The van der Waals surface area contributed by atoms with E-state index in [-0.39, 0.29) is 0 Å². The minimum Gasteiger partial charge on any atom is -0.369 e. The Bertz CT molecular complexity index is 340. The van der Waals surface area contributed by atoms with Gasteiger partial charge >= 0.3 is 0 Å². The van der Waals surface area contributed by atoms with Gasteiger partial charge in [-0.25, -0.2) is 0 Å². The summed E-state index contributed by atoms with van der Waals surface area (Å²) in [4.78, 5) is 6.49. The van der Waals surface area contributed by atoms with Gasteiger partial charge in [-0.1, -0.05) is 13.3 Å². The van der Waals surface area contributed by atoms with Crippen LogP contribution in [0.5, 0.6) is 0 Å². The Morgan fingerprint density at radius 1 is 1.53 bits per heavy atom. The molecule has 1 aliphatic heterocycles. The first-order chi connectivity index (χ1) is 7.22. The van der Waals surface area contributed by atoms with Gasteiger partial charge in [-0.2, -0.15) is 0 Å². The molecule has 2 unspecified atom stereocenters. The third-order valence-electron chi connectivity index (χ3n) is 3.22. The van der Waals surface area contributed by atoms with Gasteiger partial charge in [-0.15, -0.1) is 11.6 Å². The van der Waals surface area contributed by atoms with Crippen molar-refractivity contribution in [3.63, 3.8) is 0 Å². The van der Waals surface area contributed by atoms with E-state index in [9.17, 15) is 0 Å². The molecule has 82 valence electrons. The van der Waals surface area contributed by atoms with Gasteiger partial charge < -0.3 is 4.90 Å². The van der Waals surface area contributed by atoms with Gasteiger partial charge in [-0.3, -0.25) is 4.98 Å². The predicted molar refractivity (Wildman–Crippen MR) is 64.6 cm³/mol. The average Bonchev–Trinajstić information content (AvgIpc) is 2.60. The smallest absolute Gasteiger partial charge is 0.0556 e. The van der Waals surface area contributed by atoms with Crippen LogP contribution in [0.3, 0.4) is 0 Å². The summed E-state index contributed by atoms with van der Waals surface area (Å²) >= 11 is 6.32. The molecule has 3 heteroatoms. The number of nitrogens with zero attached hydrogens (tertiary/aromatic N) is 2. The van der Waals surface area contributed by atoms with E-state index in [4.69, 9.17) is 11.6 Å². The molecule has 1 fully saturated rings. The first-order valence-corrected chi connectivity index (χ1v) is 5.95. The van der Waals surface area contributed by atoms with E-state index in [1.165, 1.54) is 11.3 Å². The fourth-order valence-corrected chi connectivity index (χ4v) is 2.66. The molecule has 1 saturated heterocycles. The van der Waals surface area contributed by atoms with Crippen molar-refractivity contribution in [1.82, 2.24) is 4.98 Å². The van der Waals surface area contributed by atoms with Crippen LogP contribution in [0.25, 0.3) is 0 Å². The van der Waals surface area contributed by atoms with Crippen molar-refractivity contribution >= 4 is 17.3 Å². The fraction of sp³-hybridized carbons (Fsp3) is 0.583. The molecule has 15 heavy (non-hydrogen) atoms. The van der Waals surface area contributed by atoms with Crippen LogP contribution in [0, 0.1) is 12.8 Å². The number of hydrogen-bond acceptors (Lipinski definition) is 2. The third kappa shape index (κ3) is 2.10. The van der Waals surface area contributed by atoms with E-state index < -0.39 is 0 Å². The van der Waals surface area contributed by atoms with Gasteiger partial charge in [0, 0.05) is 31.2 Å². The zero-order valence-corrected chi connectivity index (χ0v) is 10.0. The quantitative estimate of drug-likeness (QED) is 0.719. The van der Waals surface area contributed by atoms with Crippen LogP contribution < -0.4 is 4.90 Å². The Morgan fingerprint density at radius 2 is 2.33 bits per heavy atom. The topological polar surface area (TPSA) is 16.1 Å². The molecular weight excluding hydrogens is 208 g/mol. The lowest BCUT2D eigenvalue weighted by molar-refractivity contribution is 0.575. The molecule has 0 amide bonds. The molecule has 0 saturated carbocycles. The molecule has 2 atom stereocenters. The first kappa shape index (κ1) is 10.7. The summed E-state index contributed by atoms with van der Waals surface area (Å²) in [6.07, 6.45) is 4.93. The maximum absolute atomic E-state index is 6.32. The number of alkyl halides is 1. The molecule has 0 spiro atoms. The lowest BCUT2D eigenvalue weighted by Gasteiger charge is -2.20. The number of hydrogen-bond donors (Lipinski definition) is 0. The van der Waals surface area contributed by atoms with Crippen molar-refractivity contribution < 1.29 is 0 Å². The van der Waals surface area contributed by atoms with Crippen molar-refractivity contribution in [3.05, 3.63) is 24.0 Å². The van der Waals surface area contributed by atoms with E-state index in [1.54, 1.807) is 0 Å². The molecule has 2 rings (SSSR count). The molecule has 1 aromatic heterocycles. The summed E-state index contributed by atoms with van der Waals surface area (Å²) in [5.74, 6) is 0.624. The molecule has 2 nitrogen and oxygen atoms in total. The van der Waals surface area contributed by atoms with Crippen LogP contribution in [0.2, 0.25) is 0 Å². The summed E-state index contributed by atoms with van der Waals surface area (Å²) in [6, 6.07) is 2.08. The summed E-state index contributed by atoms with van der Waals surface area (Å²) in [5.41, 5.74) is 2.52. The second kappa shape index (κ2) is 4.40. The summed E-state index contributed by atoms with van der Waals surface area (Å²) in [6.45, 7) is 6.36. The Balaban J connectivity index is 2.17. The average molecular weight is 225 g/mol. The summed E-state index contributed by atoms with van der Waals surface area (Å²) in [5, 5.41) is 0.294. The second-order valence-electron chi connectivity index (χ2n) is 4.25. The lowest BCUT2D eigenvalue weighted by Crippen LogP contribution is -2.20. The van der Waals surface area contributed by atoms with Gasteiger partial charge in [0.05, 0.1) is 5.38 Å². The van der Waals surface area contributed by atoms with Crippen molar-refractivity contribution in [2.75, 3.05) is 18.0 Å². The highest BCUT2D eigenvalue weighted by atomic mass is 35.5. The molecule has 0 aromatic carbocycles. The molecule has 1 aliphatic rings. The molecule has 0 radical (unpaired) electrons. The zero-order chi connectivity index (χ0) is 10.8. The standard InChI is InChI=1S/C12H17ClN2/c1-3-10-7-15(8-11(10)13)12-4-5-14-6-9(12)2/h4-6,10-11H,3,7-8H2,1-2H3. The maximum atomic E-state index is 6.32. The van der Waals surface area contributed by atoms with Gasteiger partial charge in [0.25, 0.3) is 0 Å². The third-order valence-corrected chi connectivity index (χ3v) is 3.71. The van der Waals surface area contributed by atoms with Crippen molar-refractivity contribution in [2.24, 2.45) is 5.92 Å². The van der Waals surface area contributed by atoms with Crippen LogP contribution in [-0.4, -0.2) is 23.5 Å². The fourth-order valence-electron chi connectivity index (χ4n) is 2.23. The first-order valence-electron chi connectivity index (χ1n) is 5.52. The van der Waals surface area contributed by atoms with Crippen LogP contribution in [0.4, 0.5) is 5.69 Å². The van der Waals surface area contributed by atoms with Gasteiger partial charge in [-0.05, 0) is 24.5 Å². The van der Waals surface area contributed by atoms with Crippen molar-refractivity contribution in [1.29, 1.82) is 0 Å². The lowest BCUT2D eigenvalue weighted by atomic mass is 10.1. The minimum absolute atomic E-state index is 0.294. The summed E-state index contributed by atoms with van der Waals surface area (Å²) < 4.78 is 0. The van der Waals surface area contributed by atoms with Crippen LogP contribution in [0.1, 0.15) is 18.9 Å². The summed E-state index contributed by atoms with van der Waals surface area (Å²) in [7, 11) is 0. The molecule has 0 bridgehead atoms. The van der Waals surface area contributed by atoms with Crippen LogP contribution in [0.15, 0.2) is 18.5 Å². The molecule has 1 aromatic rings. The second-order valence-corrected chi connectivity index (χ2v) is 4.81. The number of anilines is 1. The van der Waals surface area contributed by atoms with E-state index in [0.29, 0.717) is 11.3 Å². The van der Waals surface area contributed by atoms with Gasteiger partial charge in [0.1, 0.15) is 0 Å². The van der Waals surface area contributed by atoms with Crippen molar-refractivity contribution in [3.8, 4) is 0 Å². The Kier molecular flexibility index (Phi) is 3.15. The molecular formula is C12H17ClN2. The minimum atomic E-state index is 0.294. The Labute approximate surface area is 96.3 Å². The van der Waals surface area contributed by atoms with Crippen LogP contribution in [-0.2, 0) is 0 Å². The monoisotopic (exact) mass is 224 g/mol. The Morgan fingerprint density at radius 3 is 2.93 bits per heavy atom. The highest BCUT2D eigenvalue weighted by Gasteiger charge is 2.30. The highest BCUT2D eigenvalue weighted by Crippen LogP contribution is 2.30. The largest absolute Gasteiger partial charge is 0.369 e. The molecule has 2 heterocycles. The number of aromatic nitrogens is 1. The van der Waals surface area contributed by atoms with Crippen molar-refractivity contribution in [2.45, 2.75) is 25.6 Å². The SMILES string of the molecule is CCC1CN(c2ccncc2C)CC1Cl. The van der Waals surface area contributed by atoms with E-state index in [0.717, 1.165) is 19.5 Å². The highest BCUT2D eigenvalue weighted by molar-refractivity contribution is 6.21. The maximum Gasteiger partial charge on any atom is 0.0556 e. The van der Waals surface area contributed by atoms with E-state index >= 15 is 0 Å². The van der Waals surface area contributed by atoms with Gasteiger partial charge in [0.15, 0.2) is 0 Å². The van der Waals surface area contributed by atoms with E-state index in [1.807, 2.05) is 12.4 Å². The van der Waals surface area contributed by atoms with Crippen LogP contribution >= 0.6 is 11.6 Å². The number of pyridine rings is 1. The van der Waals surface area contributed by atoms with Gasteiger partial charge in [0.2, 0.25) is 0 Å². The molecule has 0 aliphatic carbocycles.